The smallest absolute Gasteiger partial charge is 0.308 e. The Bertz CT molecular complexity index is 732. The molecule has 1 aliphatic heterocycles. The molecule has 6 heteroatoms. The van der Waals surface area contributed by atoms with Gasteiger partial charge in [-0.1, -0.05) is 12.1 Å². The van der Waals surface area contributed by atoms with Gasteiger partial charge in [-0.15, -0.1) is 0 Å². The summed E-state index contributed by atoms with van der Waals surface area (Å²) in [6.07, 6.45) is 1.09. The molecule has 0 saturated carbocycles. The van der Waals surface area contributed by atoms with Gasteiger partial charge in [0.15, 0.2) is 0 Å². The van der Waals surface area contributed by atoms with Gasteiger partial charge in [-0.05, 0) is 52.9 Å². The van der Waals surface area contributed by atoms with Crippen LogP contribution in [0.3, 0.4) is 0 Å². The van der Waals surface area contributed by atoms with Crippen molar-refractivity contribution in [1.29, 1.82) is 0 Å². The SMILES string of the molecule is O=C(O)[C@@H]1CCC(=O)N(CCc2cccc(F)c2)[C@H]1c1ccsc1. The van der Waals surface area contributed by atoms with Gasteiger partial charge < -0.3 is 10.0 Å². The number of piperidine rings is 1. The lowest BCUT2D eigenvalue weighted by atomic mass is 9.85. The van der Waals surface area contributed by atoms with Gasteiger partial charge in [0.05, 0.1) is 12.0 Å². The van der Waals surface area contributed by atoms with Crippen LogP contribution in [0.15, 0.2) is 41.1 Å². The third kappa shape index (κ3) is 3.48. The van der Waals surface area contributed by atoms with Gasteiger partial charge in [0.1, 0.15) is 5.82 Å². The number of nitrogens with zero attached hydrogens (tertiary/aromatic N) is 1. The van der Waals surface area contributed by atoms with E-state index >= 15 is 0 Å². The maximum absolute atomic E-state index is 13.3. The Morgan fingerprint density at radius 2 is 2.21 bits per heavy atom. The minimum Gasteiger partial charge on any atom is -0.481 e. The molecule has 0 radical (unpaired) electrons. The highest BCUT2D eigenvalue weighted by molar-refractivity contribution is 7.08. The van der Waals surface area contributed by atoms with Crippen molar-refractivity contribution < 1.29 is 19.1 Å². The van der Waals surface area contributed by atoms with E-state index < -0.39 is 17.9 Å². The van der Waals surface area contributed by atoms with Crippen LogP contribution in [0.1, 0.15) is 30.0 Å². The van der Waals surface area contributed by atoms with E-state index in [0.717, 1.165) is 11.1 Å². The minimum absolute atomic E-state index is 0.0416. The van der Waals surface area contributed by atoms with Crippen LogP contribution in [-0.2, 0) is 16.0 Å². The van der Waals surface area contributed by atoms with Crippen LogP contribution in [0.4, 0.5) is 4.39 Å². The Morgan fingerprint density at radius 3 is 2.88 bits per heavy atom. The molecule has 1 N–H and O–H groups in total. The standard InChI is InChI=1S/C18H18FNO3S/c19-14-3-1-2-12(10-14)6-8-20-16(21)5-4-15(18(22)23)17(20)13-7-9-24-11-13/h1-3,7,9-11,15,17H,4-6,8H2,(H,22,23)/t15-,17+/m1/s1. The van der Waals surface area contributed by atoms with Crippen LogP contribution in [-0.4, -0.2) is 28.4 Å². The molecule has 0 bridgehead atoms. The number of likely N-dealkylation sites (tertiary alicyclic amines) is 1. The summed E-state index contributed by atoms with van der Waals surface area (Å²) in [6.45, 7) is 0.382. The van der Waals surface area contributed by atoms with E-state index in [1.165, 1.54) is 23.5 Å². The number of amides is 1. The number of hydrogen-bond donors (Lipinski definition) is 1. The lowest BCUT2D eigenvalue weighted by molar-refractivity contribution is -0.152. The maximum Gasteiger partial charge on any atom is 0.308 e. The first kappa shape index (κ1) is 16.6. The van der Waals surface area contributed by atoms with Crippen molar-refractivity contribution in [2.45, 2.75) is 25.3 Å². The summed E-state index contributed by atoms with van der Waals surface area (Å²) in [6, 6.07) is 7.69. The van der Waals surface area contributed by atoms with E-state index in [0.29, 0.717) is 19.4 Å². The highest BCUT2D eigenvalue weighted by atomic mass is 32.1. The fourth-order valence-corrected chi connectivity index (χ4v) is 3.96. The second-order valence-corrected chi connectivity index (χ2v) is 6.73. The first-order chi connectivity index (χ1) is 11.6. The van der Waals surface area contributed by atoms with Gasteiger partial charge in [-0.3, -0.25) is 9.59 Å². The average Bonchev–Trinajstić information content (AvgIpc) is 3.07. The highest BCUT2D eigenvalue weighted by Gasteiger charge is 2.40. The molecule has 3 rings (SSSR count). The number of benzene rings is 1. The number of carbonyl (C=O) groups excluding carboxylic acids is 1. The molecule has 1 aromatic carbocycles. The first-order valence-corrected chi connectivity index (χ1v) is 8.79. The van der Waals surface area contributed by atoms with Crippen molar-refractivity contribution in [3.63, 3.8) is 0 Å². The number of rotatable bonds is 5. The molecule has 1 aromatic heterocycles. The molecule has 2 heterocycles. The fraction of sp³-hybridized carbons (Fsp3) is 0.333. The second-order valence-electron chi connectivity index (χ2n) is 5.95. The highest BCUT2D eigenvalue weighted by Crippen LogP contribution is 2.37. The summed E-state index contributed by atoms with van der Waals surface area (Å²) in [4.78, 5) is 25.7. The number of hydrogen-bond acceptors (Lipinski definition) is 3. The van der Waals surface area contributed by atoms with Gasteiger partial charge in [0, 0.05) is 13.0 Å². The van der Waals surface area contributed by atoms with E-state index in [1.54, 1.807) is 11.0 Å². The number of aliphatic carboxylic acids is 1. The molecule has 24 heavy (non-hydrogen) atoms. The topological polar surface area (TPSA) is 57.6 Å². The number of halogens is 1. The van der Waals surface area contributed by atoms with Crippen LogP contribution < -0.4 is 0 Å². The van der Waals surface area contributed by atoms with Crippen LogP contribution >= 0.6 is 11.3 Å². The molecule has 1 fully saturated rings. The maximum atomic E-state index is 13.3. The minimum atomic E-state index is -0.880. The second kappa shape index (κ2) is 7.13. The molecule has 0 unspecified atom stereocenters. The predicted octanol–water partition coefficient (Wildman–Crippen LogP) is 3.49. The lowest BCUT2D eigenvalue weighted by Crippen LogP contribution is -2.46. The molecule has 2 aromatic rings. The van der Waals surface area contributed by atoms with Gasteiger partial charge in [-0.2, -0.15) is 11.3 Å². The van der Waals surface area contributed by atoms with E-state index in [4.69, 9.17) is 0 Å². The molecule has 1 saturated heterocycles. The van der Waals surface area contributed by atoms with Crippen molar-refractivity contribution >= 4 is 23.2 Å². The van der Waals surface area contributed by atoms with E-state index in [-0.39, 0.29) is 18.1 Å². The van der Waals surface area contributed by atoms with E-state index in [9.17, 15) is 19.1 Å². The van der Waals surface area contributed by atoms with Crippen molar-refractivity contribution in [3.8, 4) is 0 Å². The van der Waals surface area contributed by atoms with Crippen LogP contribution in [0, 0.1) is 11.7 Å². The Morgan fingerprint density at radius 1 is 1.38 bits per heavy atom. The number of carboxylic acid groups (broad SMARTS) is 1. The normalized spacial score (nSPS) is 21.0. The number of thiophene rings is 1. The molecule has 126 valence electrons. The summed E-state index contributed by atoms with van der Waals surface area (Å²) < 4.78 is 13.3. The summed E-state index contributed by atoms with van der Waals surface area (Å²) in [7, 11) is 0. The molecule has 1 amide bonds. The zero-order valence-corrected chi connectivity index (χ0v) is 13.8. The van der Waals surface area contributed by atoms with Crippen LogP contribution in [0.2, 0.25) is 0 Å². The van der Waals surface area contributed by atoms with Crippen molar-refractivity contribution in [2.24, 2.45) is 5.92 Å². The summed E-state index contributed by atoms with van der Waals surface area (Å²) in [5.41, 5.74) is 1.66. The van der Waals surface area contributed by atoms with Gasteiger partial charge in [-0.25, -0.2) is 4.39 Å². The fourth-order valence-electron chi connectivity index (χ4n) is 3.27. The van der Waals surface area contributed by atoms with Gasteiger partial charge >= 0.3 is 5.97 Å². The predicted molar refractivity (Wildman–Crippen MR) is 89.2 cm³/mol. The Labute approximate surface area is 143 Å². The Kier molecular flexibility index (Phi) is 4.94. The van der Waals surface area contributed by atoms with Crippen molar-refractivity contribution in [2.75, 3.05) is 6.54 Å². The van der Waals surface area contributed by atoms with Crippen molar-refractivity contribution in [3.05, 3.63) is 58.0 Å². The molecule has 4 nitrogen and oxygen atoms in total. The average molecular weight is 347 g/mol. The first-order valence-electron chi connectivity index (χ1n) is 7.85. The van der Waals surface area contributed by atoms with Crippen molar-refractivity contribution in [1.82, 2.24) is 4.90 Å². The van der Waals surface area contributed by atoms with Gasteiger partial charge in [0.25, 0.3) is 0 Å². The number of carbonyl (C=O) groups is 2. The number of carboxylic acids is 1. The molecule has 1 aliphatic rings. The quantitative estimate of drug-likeness (QED) is 0.901. The monoisotopic (exact) mass is 347 g/mol. The molecule has 0 spiro atoms. The molecular formula is C18H18FNO3S. The van der Waals surface area contributed by atoms with Gasteiger partial charge in [0.2, 0.25) is 5.91 Å². The third-order valence-corrected chi connectivity index (χ3v) is 5.14. The lowest BCUT2D eigenvalue weighted by Gasteiger charge is -2.39. The van der Waals surface area contributed by atoms with E-state index in [1.807, 2.05) is 22.9 Å². The summed E-state index contributed by atoms with van der Waals surface area (Å²) in [5, 5.41) is 13.3. The zero-order valence-electron chi connectivity index (χ0n) is 13.0. The zero-order chi connectivity index (χ0) is 17.1. The molecule has 0 aliphatic carbocycles. The Hall–Kier alpha value is -2.21. The largest absolute Gasteiger partial charge is 0.481 e. The summed E-state index contributed by atoms with van der Waals surface area (Å²) in [5.74, 6) is -1.84. The molecule has 2 atom stereocenters. The third-order valence-electron chi connectivity index (χ3n) is 4.44. The summed E-state index contributed by atoms with van der Waals surface area (Å²) >= 11 is 1.49. The van der Waals surface area contributed by atoms with Crippen LogP contribution in [0.5, 0.6) is 0 Å². The Balaban J connectivity index is 1.84. The van der Waals surface area contributed by atoms with E-state index in [2.05, 4.69) is 0 Å². The van der Waals surface area contributed by atoms with Crippen LogP contribution in [0.25, 0.3) is 0 Å². The molecular weight excluding hydrogens is 329 g/mol.